The maximum absolute atomic E-state index is 12.9. The van der Waals surface area contributed by atoms with E-state index in [1.165, 1.54) is 0 Å². The Balaban J connectivity index is 2.07. The molecule has 2 rings (SSSR count). The van der Waals surface area contributed by atoms with E-state index in [2.05, 4.69) is 10.6 Å². The van der Waals surface area contributed by atoms with Gasteiger partial charge in [-0.15, -0.1) is 0 Å². The van der Waals surface area contributed by atoms with Crippen LogP contribution in [-0.2, 0) is 22.4 Å². The number of fused-ring (bicyclic) bond motifs is 1. The van der Waals surface area contributed by atoms with Crippen molar-refractivity contribution in [3.63, 3.8) is 0 Å². The molecule has 3 atom stereocenters. The molecule has 0 bridgehead atoms. The van der Waals surface area contributed by atoms with Crippen molar-refractivity contribution >= 4 is 18.9 Å². The van der Waals surface area contributed by atoms with E-state index in [0.717, 1.165) is 16.9 Å². The zero-order chi connectivity index (χ0) is 23.1. The predicted molar refractivity (Wildman–Crippen MR) is 116 cm³/mol. The number of aliphatic hydroxyl groups is 1. The highest BCUT2D eigenvalue weighted by molar-refractivity contribution is 6.43. The maximum Gasteiger partial charge on any atom is 0.475 e. The third-order valence-electron chi connectivity index (χ3n) is 5.58. The minimum atomic E-state index is -1.74. The molecule has 172 valence electrons. The lowest BCUT2D eigenvalue weighted by Crippen LogP contribution is -2.56. The molecule has 31 heavy (non-hydrogen) atoms. The molecule has 2 unspecified atom stereocenters. The van der Waals surface area contributed by atoms with Gasteiger partial charge in [0.05, 0.1) is 26.8 Å². The quantitative estimate of drug-likeness (QED) is 0.321. The van der Waals surface area contributed by atoms with Crippen LogP contribution in [0.1, 0.15) is 37.8 Å². The van der Waals surface area contributed by atoms with Crippen molar-refractivity contribution in [3.8, 4) is 11.5 Å². The summed E-state index contributed by atoms with van der Waals surface area (Å²) >= 11 is 0. The number of benzene rings is 1. The summed E-state index contributed by atoms with van der Waals surface area (Å²) in [7, 11) is 1.43. The SMILES string of the molecule is COc1ccc(OC)c2c1CCC(C(=O)N[C@@H](CO)C(=O)NC(CC(C)C)B(O)O)C2. The monoisotopic (exact) mass is 436 g/mol. The summed E-state index contributed by atoms with van der Waals surface area (Å²) in [5, 5.41) is 33.8. The Morgan fingerprint density at radius 3 is 2.26 bits per heavy atom. The molecule has 9 nitrogen and oxygen atoms in total. The van der Waals surface area contributed by atoms with Crippen molar-refractivity contribution in [2.45, 2.75) is 51.5 Å². The van der Waals surface area contributed by atoms with E-state index in [9.17, 15) is 24.7 Å². The molecule has 0 aromatic heterocycles. The molecule has 1 aromatic carbocycles. The summed E-state index contributed by atoms with van der Waals surface area (Å²) in [6, 6.07) is 2.46. The highest BCUT2D eigenvalue weighted by Crippen LogP contribution is 2.38. The molecule has 2 amide bonds. The second-order valence-corrected chi connectivity index (χ2v) is 8.27. The molecule has 0 heterocycles. The van der Waals surface area contributed by atoms with Crippen LogP contribution < -0.4 is 20.1 Å². The molecule has 0 fully saturated rings. The number of amides is 2. The summed E-state index contributed by atoms with van der Waals surface area (Å²) in [6.45, 7) is 3.17. The number of carbonyl (C=O) groups excluding carboxylic acids is 2. The maximum atomic E-state index is 12.9. The van der Waals surface area contributed by atoms with E-state index in [1.807, 2.05) is 19.9 Å². The van der Waals surface area contributed by atoms with E-state index in [4.69, 9.17) is 9.47 Å². The molecule has 0 spiro atoms. The number of methoxy groups -OCH3 is 2. The zero-order valence-corrected chi connectivity index (χ0v) is 18.6. The standard InChI is InChI=1S/C21H33BN2O7/c1-12(2)9-19(22(28)29)24-21(27)16(11-25)23-20(26)13-5-6-14-15(10-13)18(31-4)8-7-17(14)30-3/h7-8,12-13,16,19,25,28-29H,5-6,9-11H2,1-4H3,(H,23,26)(H,24,27)/t13?,16-,19?/m0/s1. The van der Waals surface area contributed by atoms with Crippen LogP contribution in [0.2, 0.25) is 0 Å². The minimum Gasteiger partial charge on any atom is -0.496 e. The summed E-state index contributed by atoms with van der Waals surface area (Å²) in [5.41, 5.74) is 1.91. The second kappa shape index (κ2) is 11.4. The van der Waals surface area contributed by atoms with Crippen LogP contribution in [0.3, 0.4) is 0 Å². The Morgan fingerprint density at radius 2 is 1.74 bits per heavy atom. The third-order valence-corrected chi connectivity index (χ3v) is 5.58. The lowest BCUT2D eigenvalue weighted by atomic mass is 9.75. The average Bonchev–Trinajstić information content (AvgIpc) is 2.74. The summed E-state index contributed by atoms with van der Waals surface area (Å²) in [5.74, 6) is -0.760. The van der Waals surface area contributed by atoms with Crippen molar-refractivity contribution < 1.29 is 34.2 Å². The summed E-state index contributed by atoms with van der Waals surface area (Å²) in [4.78, 5) is 25.4. The van der Waals surface area contributed by atoms with Gasteiger partial charge in [0.15, 0.2) is 0 Å². The highest BCUT2D eigenvalue weighted by atomic mass is 16.5. The fraction of sp³-hybridized carbons (Fsp3) is 0.619. The molecule has 0 radical (unpaired) electrons. The van der Waals surface area contributed by atoms with Crippen LogP contribution in [0.25, 0.3) is 0 Å². The Hall–Kier alpha value is -2.30. The molecule has 1 aromatic rings. The molecule has 1 aliphatic carbocycles. The first-order valence-corrected chi connectivity index (χ1v) is 10.5. The average molecular weight is 436 g/mol. The molecule has 0 saturated carbocycles. The van der Waals surface area contributed by atoms with Crippen LogP contribution in [-0.4, -0.2) is 66.9 Å². The molecule has 0 saturated heterocycles. The van der Waals surface area contributed by atoms with Gasteiger partial charge in [-0.05, 0) is 43.7 Å². The fourth-order valence-corrected chi connectivity index (χ4v) is 3.95. The Bertz CT molecular complexity index is 772. The molecular formula is C21H33BN2O7. The van der Waals surface area contributed by atoms with Crippen LogP contribution >= 0.6 is 0 Å². The van der Waals surface area contributed by atoms with E-state index < -0.39 is 37.5 Å². The second-order valence-electron chi connectivity index (χ2n) is 8.27. The van der Waals surface area contributed by atoms with Gasteiger partial charge >= 0.3 is 7.12 Å². The van der Waals surface area contributed by atoms with Crippen LogP contribution in [0, 0.1) is 11.8 Å². The summed E-state index contributed by atoms with van der Waals surface area (Å²) in [6.07, 6.45) is 1.95. The highest BCUT2D eigenvalue weighted by Gasteiger charge is 2.33. The van der Waals surface area contributed by atoms with Crippen molar-refractivity contribution in [3.05, 3.63) is 23.3 Å². The van der Waals surface area contributed by atoms with Gasteiger partial charge in [-0.2, -0.15) is 0 Å². The van der Waals surface area contributed by atoms with Crippen LogP contribution in [0.5, 0.6) is 11.5 Å². The van der Waals surface area contributed by atoms with E-state index in [0.29, 0.717) is 31.4 Å². The van der Waals surface area contributed by atoms with E-state index >= 15 is 0 Å². The molecular weight excluding hydrogens is 403 g/mol. The lowest BCUT2D eigenvalue weighted by molar-refractivity contribution is -0.132. The van der Waals surface area contributed by atoms with E-state index in [-0.39, 0.29) is 11.8 Å². The van der Waals surface area contributed by atoms with Gasteiger partial charge in [0.25, 0.3) is 0 Å². The third kappa shape index (κ3) is 6.35. The Labute approximate surface area is 183 Å². The Morgan fingerprint density at radius 1 is 1.13 bits per heavy atom. The van der Waals surface area contributed by atoms with Gasteiger partial charge in [-0.25, -0.2) is 0 Å². The number of carbonyl (C=O) groups is 2. The first-order chi connectivity index (χ1) is 14.7. The number of rotatable bonds is 10. The van der Waals surface area contributed by atoms with Gasteiger partial charge in [0.1, 0.15) is 17.5 Å². The molecule has 1 aliphatic rings. The van der Waals surface area contributed by atoms with Crippen molar-refractivity contribution in [2.24, 2.45) is 11.8 Å². The number of aliphatic hydroxyl groups excluding tert-OH is 1. The number of nitrogens with one attached hydrogen (secondary N) is 2. The van der Waals surface area contributed by atoms with Gasteiger partial charge in [-0.1, -0.05) is 13.8 Å². The smallest absolute Gasteiger partial charge is 0.475 e. The number of hydrogen-bond donors (Lipinski definition) is 5. The minimum absolute atomic E-state index is 0.114. The van der Waals surface area contributed by atoms with Crippen molar-refractivity contribution in [2.75, 3.05) is 20.8 Å². The van der Waals surface area contributed by atoms with Crippen molar-refractivity contribution in [1.82, 2.24) is 10.6 Å². The van der Waals surface area contributed by atoms with Crippen LogP contribution in [0.15, 0.2) is 12.1 Å². The lowest BCUT2D eigenvalue weighted by Gasteiger charge is -2.28. The molecule has 5 N–H and O–H groups in total. The molecule has 10 heteroatoms. The summed E-state index contributed by atoms with van der Waals surface area (Å²) < 4.78 is 10.9. The van der Waals surface area contributed by atoms with Crippen LogP contribution in [0.4, 0.5) is 0 Å². The Kier molecular flexibility index (Phi) is 9.15. The topological polar surface area (TPSA) is 137 Å². The first-order valence-electron chi connectivity index (χ1n) is 10.5. The van der Waals surface area contributed by atoms with Gasteiger partial charge in [0.2, 0.25) is 11.8 Å². The van der Waals surface area contributed by atoms with E-state index in [1.54, 1.807) is 20.3 Å². The first kappa shape index (κ1) is 25.0. The normalized spacial score (nSPS) is 17.4. The van der Waals surface area contributed by atoms with Crippen molar-refractivity contribution in [1.29, 1.82) is 0 Å². The fourth-order valence-electron chi connectivity index (χ4n) is 3.95. The van der Waals surface area contributed by atoms with Gasteiger partial charge in [-0.3, -0.25) is 9.59 Å². The predicted octanol–water partition coefficient (Wildman–Crippen LogP) is -0.171. The zero-order valence-electron chi connectivity index (χ0n) is 18.6. The number of hydrogen-bond acceptors (Lipinski definition) is 7. The van der Waals surface area contributed by atoms with Gasteiger partial charge in [0, 0.05) is 17.0 Å². The molecule has 0 aliphatic heterocycles. The number of ether oxygens (including phenoxy) is 2. The van der Waals surface area contributed by atoms with Gasteiger partial charge < -0.3 is 35.3 Å². The largest absolute Gasteiger partial charge is 0.496 e.